The Morgan fingerprint density at radius 3 is 2.42 bits per heavy atom. The molecule has 2 aromatic carbocycles. The maximum atomic E-state index is 12.4. The van der Waals surface area contributed by atoms with Gasteiger partial charge in [0.05, 0.1) is 11.5 Å². The van der Waals surface area contributed by atoms with E-state index in [1.165, 1.54) is 18.2 Å². The number of hydrogen-bond acceptors (Lipinski definition) is 4. The van der Waals surface area contributed by atoms with Gasteiger partial charge in [0.2, 0.25) is 0 Å². The number of nitro benzene ring substituents is 1. The Morgan fingerprint density at radius 2 is 1.88 bits per heavy atom. The molecule has 1 amide bonds. The van der Waals surface area contributed by atoms with Crippen LogP contribution < -0.4 is 10.1 Å². The molecule has 0 radical (unpaired) electrons. The molecule has 0 atom stereocenters. The van der Waals surface area contributed by atoms with Crippen LogP contribution in [-0.4, -0.2) is 17.4 Å². The van der Waals surface area contributed by atoms with Crippen molar-refractivity contribution in [1.29, 1.82) is 0 Å². The van der Waals surface area contributed by atoms with Crippen molar-refractivity contribution in [3.05, 3.63) is 60.7 Å². The van der Waals surface area contributed by atoms with Gasteiger partial charge >= 0.3 is 5.69 Å². The molecule has 0 heterocycles. The van der Waals surface area contributed by atoms with Gasteiger partial charge in [0.15, 0.2) is 5.75 Å². The minimum atomic E-state index is -0.555. The first-order valence-corrected chi connectivity index (χ1v) is 8.40. The molecule has 0 saturated carbocycles. The quantitative estimate of drug-likeness (QED) is 0.423. The normalized spacial score (nSPS) is 10.3. The number of carbonyl (C=O) groups is 1. The molecule has 0 unspecified atom stereocenters. The van der Waals surface area contributed by atoms with Crippen molar-refractivity contribution in [1.82, 2.24) is 0 Å². The average Bonchev–Trinajstić information content (AvgIpc) is 2.52. The molecule has 0 aliphatic carbocycles. The highest BCUT2D eigenvalue weighted by Gasteiger charge is 2.19. The van der Waals surface area contributed by atoms with E-state index in [0.29, 0.717) is 12.3 Å². The van der Waals surface area contributed by atoms with E-state index in [4.69, 9.17) is 4.74 Å². The van der Waals surface area contributed by atoms with Crippen LogP contribution in [-0.2, 0) is 0 Å². The van der Waals surface area contributed by atoms with Crippen LogP contribution in [0.2, 0.25) is 0 Å². The highest BCUT2D eigenvalue weighted by Crippen LogP contribution is 2.28. The molecule has 2 rings (SSSR count). The van der Waals surface area contributed by atoms with E-state index in [1.54, 1.807) is 6.92 Å². The predicted molar refractivity (Wildman–Crippen MR) is 101 cm³/mol. The van der Waals surface area contributed by atoms with E-state index in [0.717, 1.165) is 14.7 Å². The molecule has 24 heavy (non-hydrogen) atoms. The highest BCUT2D eigenvalue weighted by atomic mass is 127. The lowest BCUT2D eigenvalue weighted by Crippen LogP contribution is -2.13. The van der Waals surface area contributed by atoms with Crippen molar-refractivity contribution in [2.75, 3.05) is 11.9 Å². The first kappa shape index (κ1) is 18.2. The van der Waals surface area contributed by atoms with Crippen LogP contribution in [0.5, 0.6) is 5.75 Å². The number of nitrogens with one attached hydrogen (secondary N) is 1. The molecular formula is C17H17IN2O4. The molecule has 0 aliphatic heterocycles. The fourth-order valence-corrected chi connectivity index (χ4v) is 2.61. The zero-order valence-electron chi connectivity index (χ0n) is 13.6. The van der Waals surface area contributed by atoms with Gasteiger partial charge in [-0.2, -0.15) is 0 Å². The summed E-state index contributed by atoms with van der Waals surface area (Å²) in [6.45, 7) is 5.98. The van der Waals surface area contributed by atoms with Gasteiger partial charge in [0.25, 0.3) is 5.91 Å². The molecule has 2 aromatic rings. The largest absolute Gasteiger partial charge is 0.487 e. The van der Waals surface area contributed by atoms with Crippen LogP contribution in [0, 0.1) is 27.5 Å². The lowest BCUT2D eigenvalue weighted by atomic mass is 10.1. The number of benzene rings is 2. The summed E-state index contributed by atoms with van der Waals surface area (Å²) in [6, 6.07) is 7.93. The second-order valence-corrected chi connectivity index (χ2v) is 6.33. The minimum absolute atomic E-state index is 0.153. The van der Waals surface area contributed by atoms with Gasteiger partial charge in [-0.15, -0.1) is 0 Å². The Bertz CT molecular complexity index is 782. The molecule has 0 saturated heterocycles. The summed E-state index contributed by atoms with van der Waals surface area (Å²) in [5, 5.41) is 13.9. The molecule has 1 N–H and O–H groups in total. The summed E-state index contributed by atoms with van der Waals surface area (Å²) in [4.78, 5) is 23.0. The third-order valence-corrected chi connectivity index (χ3v) is 5.11. The van der Waals surface area contributed by atoms with E-state index in [2.05, 4.69) is 27.9 Å². The maximum absolute atomic E-state index is 12.4. The molecule has 0 aromatic heterocycles. The van der Waals surface area contributed by atoms with Crippen molar-refractivity contribution in [3.63, 3.8) is 0 Å². The fraction of sp³-hybridized carbons (Fsp3) is 0.235. The van der Waals surface area contributed by atoms with Gasteiger partial charge in [0.1, 0.15) is 0 Å². The number of aryl methyl sites for hydroxylation is 2. The Kier molecular flexibility index (Phi) is 5.76. The summed E-state index contributed by atoms with van der Waals surface area (Å²) >= 11 is 2.25. The minimum Gasteiger partial charge on any atom is -0.487 e. The van der Waals surface area contributed by atoms with Crippen LogP contribution in [0.3, 0.4) is 0 Å². The van der Waals surface area contributed by atoms with Gasteiger partial charge < -0.3 is 10.1 Å². The zero-order chi connectivity index (χ0) is 17.9. The first-order valence-electron chi connectivity index (χ1n) is 7.32. The molecular weight excluding hydrogens is 423 g/mol. The molecule has 7 heteroatoms. The van der Waals surface area contributed by atoms with E-state index >= 15 is 0 Å². The van der Waals surface area contributed by atoms with Gasteiger partial charge in [-0.3, -0.25) is 14.9 Å². The van der Waals surface area contributed by atoms with Gasteiger partial charge in [-0.05, 0) is 78.8 Å². The smallest absolute Gasteiger partial charge is 0.311 e. The third-order valence-electron chi connectivity index (χ3n) is 3.41. The van der Waals surface area contributed by atoms with Gasteiger partial charge in [-0.25, -0.2) is 0 Å². The highest BCUT2D eigenvalue weighted by molar-refractivity contribution is 14.1. The van der Waals surface area contributed by atoms with Gasteiger partial charge in [0, 0.05) is 20.9 Å². The Hall–Kier alpha value is -2.16. The van der Waals surface area contributed by atoms with Crippen LogP contribution in [0.15, 0.2) is 30.3 Å². The lowest BCUT2D eigenvalue weighted by Gasteiger charge is -2.10. The van der Waals surface area contributed by atoms with Crippen LogP contribution in [0.25, 0.3) is 0 Å². The van der Waals surface area contributed by atoms with E-state index in [9.17, 15) is 14.9 Å². The topological polar surface area (TPSA) is 81.5 Å². The van der Waals surface area contributed by atoms with Crippen molar-refractivity contribution in [2.45, 2.75) is 20.8 Å². The number of amides is 1. The van der Waals surface area contributed by atoms with E-state index in [-0.39, 0.29) is 17.0 Å². The first-order chi connectivity index (χ1) is 11.3. The predicted octanol–water partition coefficient (Wildman–Crippen LogP) is 4.47. The zero-order valence-corrected chi connectivity index (χ0v) is 15.7. The molecule has 0 spiro atoms. The number of ether oxygens (including phenoxy) is 1. The van der Waals surface area contributed by atoms with Crippen LogP contribution >= 0.6 is 22.6 Å². The second kappa shape index (κ2) is 7.61. The number of anilines is 1. The standard InChI is InChI=1S/C17H17IN2O4/c1-4-24-15-6-5-12(9-14(15)20(22)23)17(21)19-13-7-10(2)16(18)11(3)8-13/h5-9H,4H2,1-3H3,(H,19,21). The van der Waals surface area contributed by atoms with Crippen LogP contribution in [0.1, 0.15) is 28.4 Å². The average molecular weight is 440 g/mol. The SMILES string of the molecule is CCOc1ccc(C(=O)Nc2cc(C)c(I)c(C)c2)cc1[N+](=O)[O-]. The van der Waals surface area contributed by atoms with Crippen molar-refractivity contribution < 1.29 is 14.5 Å². The van der Waals surface area contributed by atoms with Crippen LogP contribution in [0.4, 0.5) is 11.4 Å². The Morgan fingerprint density at radius 1 is 1.25 bits per heavy atom. The maximum Gasteiger partial charge on any atom is 0.311 e. The van der Waals surface area contributed by atoms with Crippen molar-refractivity contribution in [2.24, 2.45) is 0 Å². The summed E-state index contributed by atoms with van der Waals surface area (Å²) in [5.41, 5.74) is 2.76. The number of rotatable bonds is 5. The summed E-state index contributed by atoms with van der Waals surface area (Å²) in [5.74, 6) is -0.249. The second-order valence-electron chi connectivity index (χ2n) is 5.25. The fourth-order valence-electron chi connectivity index (χ4n) is 2.30. The van der Waals surface area contributed by atoms with E-state index < -0.39 is 10.8 Å². The Balaban J connectivity index is 2.30. The number of hydrogen-bond donors (Lipinski definition) is 1. The van der Waals surface area contributed by atoms with Gasteiger partial charge in [-0.1, -0.05) is 0 Å². The van der Waals surface area contributed by atoms with Crippen molar-refractivity contribution in [3.8, 4) is 5.75 Å². The number of carbonyl (C=O) groups excluding carboxylic acids is 1. The lowest BCUT2D eigenvalue weighted by molar-refractivity contribution is -0.385. The van der Waals surface area contributed by atoms with E-state index in [1.807, 2.05) is 26.0 Å². The number of halogens is 1. The summed E-state index contributed by atoms with van der Waals surface area (Å²) in [6.07, 6.45) is 0. The monoisotopic (exact) mass is 440 g/mol. The molecule has 0 aliphatic rings. The number of nitro groups is 1. The van der Waals surface area contributed by atoms with Crippen molar-refractivity contribution >= 4 is 39.9 Å². The third kappa shape index (κ3) is 4.02. The molecule has 126 valence electrons. The summed E-state index contributed by atoms with van der Waals surface area (Å²) < 4.78 is 6.36. The molecule has 6 nitrogen and oxygen atoms in total. The summed E-state index contributed by atoms with van der Waals surface area (Å²) in [7, 11) is 0. The number of nitrogens with zero attached hydrogens (tertiary/aromatic N) is 1. The Labute approximate surface area is 153 Å². The molecule has 0 fully saturated rings. The molecule has 0 bridgehead atoms.